The number of rotatable bonds is 9. The summed E-state index contributed by atoms with van der Waals surface area (Å²) in [7, 11) is 0. The normalized spacial score (nSPS) is 13.0. The van der Waals surface area contributed by atoms with Crippen molar-refractivity contribution >= 4 is 6.08 Å². The van der Waals surface area contributed by atoms with Crippen LogP contribution in [0.4, 0.5) is 0 Å². The second-order valence-electron chi connectivity index (χ2n) is 5.30. The molecule has 1 N–H and O–H groups in total. The van der Waals surface area contributed by atoms with Gasteiger partial charge in [-0.2, -0.15) is 0 Å². The highest BCUT2D eigenvalue weighted by Crippen LogP contribution is 2.14. The lowest BCUT2D eigenvalue weighted by molar-refractivity contribution is 0.199. The van der Waals surface area contributed by atoms with Crippen LogP contribution in [0.2, 0.25) is 0 Å². The quantitative estimate of drug-likeness (QED) is 0.581. The van der Waals surface area contributed by atoms with Gasteiger partial charge in [0, 0.05) is 0 Å². The van der Waals surface area contributed by atoms with E-state index in [1.54, 1.807) is 6.92 Å². The van der Waals surface area contributed by atoms with Crippen LogP contribution < -0.4 is 0 Å². The molecule has 1 atom stereocenters. The lowest BCUT2D eigenvalue weighted by atomic mass is 10.1. The molecule has 0 aliphatic carbocycles. The summed E-state index contributed by atoms with van der Waals surface area (Å²) in [5, 5.41) is 9.43. The molecule has 0 aliphatic heterocycles. The van der Waals surface area contributed by atoms with Crippen LogP contribution in [0.25, 0.3) is 6.08 Å². The summed E-state index contributed by atoms with van der Waals surface area (Å²) in [6.45, 7) is 4.05. The Bertz CT molecular complexity index is 348. The number of unbranched alkanes of at least 4 members (excludes halogenated alkanes) is 6. The van der Waals surface area contributed by atoms with Crippen LogP contribution in [-0.4, -0.2) is 5.11 Å². The van der Waals surface area contributed by atoms with Crippen LogP contribution >= 0.6 is 0 Å². The minimum Gasteiger partial charge on any atom is -0.389 e. The molecular weight excluding hydrogens is 232 g/mol. The summed E-state index contributed by atoms with van der Waals surface area (Å²) < 4.78 is 0. The summed E-state index contributed by atoms with van der Waals surface area (Å²) >= 11 is 0. The maximum absolute atomic E-state index is 9.43. The van der Waals surface area contributed by atoms with E-state index in [0.29, 0.717) is 0 Å². The van der Waals surface area contributed by atoms with Crippen LogP contribution in [-0.2, 0) is 0 Å². The Hall–Kier alpha value is -1.08. The van der Waals surface area contributed by atoms with E-state index in [1.807, 2.05) is 12.1 Å². The van der Waals surface area contributed by atoms with Gasteiger partial charge in [-0.05, 0) is 30.9 Å². The Morgan fingerprint density at radius 3 is 2.26 bits per heavy atom. The first-order valence-electron chi connectivity index (χ1n) is 7.68. The molecule has 0 fully saturated rings. The first kappa shape index (κ1) is 16.0. The fourth-order valence-corrected chi connectivity index (χ4v) is 2.15. The molecule has 0 saturated carbocycles. The highest BCUT2D eigenvalue weighted by atomic mass is 16.3. The second kappa shape index (κ2) is 9.80. The molecule has 1 nitrogen and oxygen atoms in total. The predicted molar refractivity (Wildman–Crippen MR) is 84.1 cm³/mol. The Balaban J connectivity index is 2.18. The van der Waals surface area contributed by atoms with Gasteiger partial charge in [-0.25, -0.2) is 0 Å². The minimum absolute atomic E-state index is 0.374. The van der Waals surface area contributed by atoms with Gasteiger partial charge in [0.15, 0.2) is 0 Å². The summed E-state index contributed by atoms with van der Waals surface area (Å²) in [4.78, 5) is 0. The van der Waals surface area contributed by atoms with Gasteiger partial charge in [0.2, 0.25) is 0 Å². The first-order valence-corrected chi connectivity index (χ1v) is 7.68. The molecule has 1 unspecified atom stereocenters. The van der Waals surface area contributed by atoms with Crippen molar-refractivity contribution in [3.8, 4) is 0 Å². The lowest BCUT2D eigenvalue weighted by Gasteiger charge is -2.03. The fourth-order valence-electron chi connectivity index (χ4n) is 2.15. The molecule has 0 saturated heterocycles. The molecule has 19 heavy (non-hydrogen) atoms. The number of hydrogen-bond donors (Lipinski definition) is 1. The van der Waals surface area contributed by atoms with Gasteiger partial charge >= 0.3 is 0 Å². The molecule has 0 spiro atoms. The maximum atomic E-state index is 9.43. The van der Waals surface area contributed by atoms with Crippen LogP contribution in [0, 0.1) is 0 Å². The number of hydrogen-bond acceptors (Lipinski definition) is 1. The van der Waals surface area contributed by atoms with E-state index in [0.717, 1.165) is 5.56 Å². The highest BCUT2D eigenvalue weighted by Gasteiger charge is 1.98. The molecule has 106 valence electrons. The highest BCUT2D eigenvalue weighted by molar-refractivity contribution is 5.49. The number of aliphatic hydroxyl groups is 1. The van der Waals surface area contributed by atoms with Crippen molar-refractivity contribution in [1.29, 1.82) is 0 Å². The monoisotopic (exact) mass is 260 g/mol. The van der Waals surface area contributed by atoms with Gasteiger partial charge in [-0.3, -0.25) is 0 Å². The third-order valence-corrected chi connectivity index (χ3v) is 3.45. The smallest absolute Gasteiger partial charge is 0.0761 e. The summed E-state index contributed by atoms with van der Waals surface area (Å²) in [5.74, 6) is 0. The van der Waals surface area contributed by atoms with Gasteiger partial charge in [0.1, 0.15) is 0 Å². The van der Waals surface area contributed by atoms with Gasteiger partial charge in [-0.15, -0.1) is 0 Å². The molecule has 0 aliphatic rings. The Kier molecular flexibility index (Phi) is 8.24. The van der Waals surface area contributed by atoms with E-state index >= 15 is 0 Å². The SMILES string of the molecule is CCCCCCCCC=Cc1ccc(C(C)O)cc1. The largest absolute Gasteiger partial charge is 0.389 e. The second-order valence-corrected chi connectivity index (χ2v) is 5.30. The van der Waals surface area contributed by atoms with Crippen molar-refractivity contribution in [2.45, 2.75) is 64.9 Å². The standard InChI is InChI=1S/C18H28O/c1-3-4-5-6-7-8-9-10-11-17-12-14-18(15-13-17)16(2)19/h10-16,19H,3-9H2,1-2H3. The van der Waals surface area contributed by atoms with Crippen molar-refractivity contribution in [2.24, 2.45) is 0 Å². The molecule has 0 aromatic heterocycles. The zero-order valence-corrected chi connectivity index (χ0v) is 12.4. The van der Waals surface area contributed by atoms with E-state index in [1.165, 1.54) is 50.5 Å². The van der Waals surface area contributed by atoms with Crippen LogP contribution in [0.15, 0.2) is 30.3 Å². The van der Waals surface area contributed by atoms with E-state index in [2.05, 4.69) is 31.2 Å². The third-order valence-electron chi connectivity index (χ3n) is 3.45. The Morgan fingerprint density at radius 2 is 1.63 bits per heavy atom. The van der Waals surface area contributed by atoms with Crippen molar-refractivity contribution in [1.82, 2.24) is 0 Å². The first-order chi connectivity index (χ1) is 9.24. The lowest BCUT2D eigenvalue weighted by Crippen LogP contribution is -1.89. The Morgan fingerprint density at radius 1 is 1.00 bits per heavy atom. The van der Waals surface area contributed by atoms with Crippen molar-refractivity contribution in [3.05, 3.63) is 41.5 Å². The van der Waals surface area contributed by atoms with E-state index in [4.69, 9.17) is 0 Å². The van der Waals surface area contributed by atoms with E-state index < -0.39 is 0 Å². The molecule has 1 aromatic rings. The van der Waals surface area contributed by atoms with Crippen LogP contribution in [0.3, 0.4) is 0 Å². The van der Waals surface area contributed by atoms with Crippen LogP contribution in [0.1, 0.15) is 76.0 Å². The van der Waals surface area contributed by atoms with Crippen molar-refractivity contribution in [3.63, 3.8) is 0 Å². The average molecular weight is 260 g/mol. The summed E-state index contributed by atoms with van der Waals surface area (Å²) in [6, 6.07) is 8.13. The molecule has 0 radical (unpaired) electrons. The summed E-state index contributed by atoms with van der Waals surface area (Å²) in [6.07, 6.45) is 13.4. The van der Waals surface area contributed by atoms with Crippen molar-refractivity contribution in [2.75, 3.05) is 0 Å². The molecule has 0 heterocycles. The van der Waals surface area contributed by atoms with Gasteiger partial charge in [-0.1, -0.05) is 75.4 Å². The molecule has 1 rings (SSSR count). The third kappa shape index (κ3) is 7.17. The van der Waals surface area contributed by atoms with Gasteiger partial charge in [0.25, 0.3) is 0 Å². The maximum Gasteiger partial charge on any atom is 0.0761 e. The molecule has 0 amide bonds. The van der Waals surface area contributed by atoms with Crippen LogP contribution in [0.5, 0.6) is 0 Å². The van der Waals surface area contributed by atoms with E-state index in [-0.39, 0.29) is 6.10 Å². The minimum atomic E-state index is -0.374. The number of aliphatic hydroxyl groups excluding tert-OH is 1. The van der Waals surface area contributed by atoms with Crippen molar-refractivity contribution < 1.29 is 5.11 Å². The van der Waals surface area contributed by atoms with Gasteiger partial charge < -0.3 is 5.11 Å². The summed E-state index contributed by atoms with van der Waals surface area (Å²) in [5.41, 5.74) is 2.20. The molecule has 1 aromatic carbocycles. The Labute approximate surface area is 118 Å². The topological polar surface area (TPSA) is 20.2 Å². The van der Waals surface area contributed by atoms with Gasteiger partial charge in [0.05, 0.1) is 6.10 Å². The van der Waals surface area contributed by atoms with E-state index in [9.17, 15) is 5.11 Å². The number of benzene rings is 1. The molecular formula is C18H28O. The average Bonchev–Trinajstić information content (AvgIpc) is 2.42. The molecule has 0 bridgehead atoms. The zero-order valence-electron chi connectivity index (χ0n) is 12.4. The number of allylic oxidation sites excluding steroid dienone is 1. The zero-order chi connectivity index (χ0) is 13.9. The predicted octanol–water partition coefficient (Wildman–Crippen LogP) is 5.50. The molecule has 1 heteroatoms. The fraction of sp³-hybridized carbons (Fsp3) is 0.556.